The van der Waals surface area contributed by atoms with Crippen molar-refractivity contribution in [3.63, 3.8) is 0 Å². The Hall–Kier alpha value is -2.09. The molecule has 19 heavy (non-hydrogen) atoms. The summed E-state index contributed by atoms with van der Waals surface area (Å²) < 4.78 is 5.40. The van der Waals surface area contributed by atoms with E-state index in [0.29, 0.717) is 6.42 Å². The van der Waals surface area contributed by atoms with Gasteiger partial charge in [-0.2, -0.15) is 0 Å². The lowest BCUT2D eigenvalue weighted by atomic mass is 9.84. The van der Waals surface area contributed by atoms with E-state index in [2.05, 4.69) is 0 Å². The summed E-state index contributed by atoms with van der Waals surface area (Å²) in [5.74, 6) is 1.07. The van der Waals surface area contributed by atoms with Crippen LogP contribution in [0.1, 0.15) is 28.8 Å². The first-order valence-corrected chi connectivity index (χ1v) is 6.59. The normalized spacial score (nSPS) is 14.1. The minimum absolute atomic E-state index is 0.235. The minimum Gasteiger partial charge on any atom is -0.496 e. The Balaban J connectivity index is 2.24. The van der Waals surface area contributed by atoms with Crippen molar-refractivity contribution in [3.05, 3.63) is 53.6 Å². The monoisotopic (exact) mass is 252 g/mol. The summed E-state index contributed by atoms with van der Waals surface area (Å²) in [7, 11) is 1.66. The predicted molar refractivity (Wildman–Crippen MR) is 75.7 cm³/mol. The van der Waals surface area contributed by atoms with Crippen LogP contribution in [0.15, 0.2) is 42.5 Å². The highest BCUT2D eigenvalue weighted by atomic mass is 16.5. The fourth-order valence-corrected chi connectivity index (χ4v) is 2.80. The van der Waals surface area contributed by atoms with Gasteiger partial charge in [-0.1, -0.05) is 30.3 Å². The van der Waals surface area contributed by atoms with Gasteiger partial charge in [0.15, 0.2) is 5.78 Å². The highest BCUT2D eigenvalue weighted by Gasteiger charge is 2.24. The molecule has 0 aliphatic heterocycles. The van der Waals surface area contributed by atoms with Crippen LogP contribution < -0.4 is 4.74 Å². The number of carbonyl (C=O) groups excluding carboxylic acids is 1. The SMILES string of the molecule is COc1ccc(-c2ccccc2)c2c1CCCC2=O. The molecular formula is C17H16O2. The molecule has 0 fully saturated rings. The molecule has 96 valence electrons. The van der Waals surface area contributed by atoms with Gasteiger partial charge >= 0.3 is 0 Å². The zero-order valence-corrected chi connectivity index (χ0v) is 11.0. The van der Waals surface area contributed by atoms with E-state index in [1.807, 2.05) is 42.5 Å². The van der Waals surface area contributed by atoms with Crippen molar-refractivity contribution >= 4 is 5.78 Å². The van der Waals surface area contributed by atoms with Gasteiger partial charge in [-0.3, -0.25) is 4.79 Å². The number of hydrogen-bond donors (Lipinski definition) is 0. The first-order valence-electron chi connectivity index (χ1n) is 6.59. The van der Waals surface area contributed by atoms with Crippen LogP contribution >= 0.6 is 0 Å². The summed E-state index contributed by atoms with van der Waals surface area (Å²) in [5.41, 5.74) is 4.05. The minimum atomic E-state index is 0.235. The average molecular weight is 252 g/mol. The van der Waals surface area contributed by atoms with Crippen molar-refractivity contribution in [2.75, 3.05) is 7.11 Å². The molecule has 0 spiro atoms. The number of carbonyl (C=O) groups is 1. The molecule has 1 aliphatic rings. The Morgan fingerprint density at radius 3 is 2.53 bits per heavy atom. The summed E-state index contributed by atoms with van der Waals surface area (Å²) in [6, 6.07) is 14.0. The second-order valence-electron chi connectivity index (χ2n) is 4.81. The standard InChI is InChI=1S/C17H16O2/c1-19-16-11-10-13(12-6-3-2-4-7-12)17-14(16)8-5-9-15(17)18/h2-4,6-7,10-11H,5,8-9H2,1H3. The first-order chi connectivity index (χ1) is 9.31. The van der Waals surface area contributed by atoms with Crippen LogP contribution in [0.25, 0.3) is 11.1 Å². The van der Waals surface area contributed by atoms with Gasteiger partial charge in [-0.05, 0) is 36.1 Å². The number of ether oxygens (including phenoxy) is 1. The zero-order chi connectivity index (χ0) is 13.2. The van der Waals surface area contributed by atoms with Gasteiger partial charge in [0.05, 0.1) is 7.11 Å². The smallest absolute Gasteiger partial charge is 0.163 e. The number of ketones is 1. The fraction of sp³-hybridized carbons (Fsp3) is 0.235. The van der Waals surface area contributed by atoms with Gasteiger partial charge in [-0.25, -0.2) is 0 Å². The lowest BCUT2D eigenvalue weighted by Gasteiger charge is -2.21. The van der Waals surface area contributed by atoms with E-state index in [4.69, 9.17) is 4.74 Å². The van der Waals surface area contributed by atoms with E-state index < -0.39 is 0 Å². The molecular weight excluding hydrogens is 236 g/mol. The molecule has 0 atom stereocenters. The molecule has 0 saturated carbocycles. The molecule has 0 amide bonds. The summed E-state index contributed by atoms with van der Waals surface area (Å²) in [6.45, 7) is 0. The van der Waals surface area contributed by atoms with Gasteiger partial charge in [0.25, 0.3) is 0 Å². The lowest BCUT2D eigenvalue weighted by molar-refractivity contribution is 0.0972. The largest absolute Gasteiger partial charge is 0.496 e. The highest BCUT2D eigenvalue weighted by molar-refractivity contribution is 6.05. The first kappa shape index (κ1) is 12.0. The number of benzene rings is 2. The predicted octanol–water partition coefficient (Wildman–Crippen LogP) is 3.88. The van der Waals surface area contributed by atoms with Crippen LogP contribution in [-0.2, 0) is 6.42 Å². The van der Waals surface area contributed by atoms with Crippen LogP contribution in [0.4, 0.5) is 0 Å². The number of rotatable bonds is 2. The molecule has 3 rings (SSSR count). The van der Waals surface area contributed by atoms with Crippen molar-refractivity contribution in [2.24, 2.45) is 0 Å². The summed E-state index contributed by atoms with van der Waals surface area (Å²) in [4.78, 5) is 12.3. The van der Waals surface area contributed by atoms with Crippen LogP contribution in [0, 0.1) is 0 Å². The van der Waals surface area contributed by atoms with E-state index >= 15 is 0 Å². The zero-order valence-electron chi connectivity index (χ0n) is 11.0. The van der Waals surface area contributed by atoms with Crippen LogP contribution in [-0.4, -0.2) is 12.9 Å². The molecule has 0 heterocycles. The van der Waals surface area contributed by atoms with Crippen LogP contribution in [0.3, 0.4) is 0 Å². The lowest BCUT2D eigenvalue weighted by Crippen LogP contribution is -2.13. The van der Waals surface area contributed by atoms with Crippen molar-refractivity contribution < 1.29 is 9.53 Å². The molecule has 0 N–H and O–H groups in total. The molecule has 0 aromatic heterocycles. The topological polar surface area (TPSA) is 26.3 Å². The van der Waals surface area contributed by atoms with E-state index in [1.54, 1.807) is 7.11 Å². The second kappa shape index (κ2) is 4.88. The van der Waals surface area contributed by atoms with Crippen LogP contribution in [0.5, 0.6) is 5.75 Å². The van der Waals surface area contributed by atoms with Gasteiger partial charge in [0, 0.05) is 17.5 Å². The number of methoxy groups -OCH3 is 1. The van der Waals surface area contributed by atoms with Crippen LogP contribution in [0.2, 0.25) is 0 Å². The molecule has 1 aliphatic carbocycles. The Labute approximate surface area is 113 Å². The van der Waals surface area contributed by atoms with E-state index in [1.165, 1.54) is 0 Å². The Kier molecular flexibility index (Phi) is 3.08. The fourth-order valence-electron chi connectivity index (χ4n) is 2.80. The van der Waals surface area contributed by atoms with Gasteiger partial charge in [0.2, 0.25) is 0 Å². The van der Waals surface area contributed by atoms with Crippen molar-refractivity contribution in [1.29, 1.82) is 0 Å². The van der Waals surface area contributed by atoms with E-state index in [-0.39, 0.29) is 5.78 Å². The van der Waals surface area contributed by atoms with Gasteiger partial charge < -0.3 is 4.74 Å². The number of fused-ring (bicyclic) bond motifs is 1. The third-order valence-corrected chi connectivity index (χ3v) is 3.68. The maximum atomic E-state index is 12.3. The molecule has 2 aromatic rings. The maximum absolute atomic E-state index is 12.3. The molecule has 0 unspecified atom stereocenters. The van der Waals surface area contributed by atoms with E-state index in [9.17, 15) is 4.79 Å². The van der Waals surface area contributed by atoms with Gasteiger partial charge in [0.1, 0.15) is 5.75 Å². The molecule has 2 nitrogen and oxygen atoms in total. The Bertz CT molecular complexity index is 615. The third-order valence-electron chi connectivity index (χ3n) is 3.68. The van der Waals surface area contributed by atoms with Crippen molar-refractivity contribution in [3.8, 4) is 16.9 Å². The summed E-state index contributed by atoms with van der Waals surface area (Å²) in [5, 5.41) is 0. The molecule has 0 saturated heterocycles. The van der Waals surface area contributed by atoms with Crippen molar-refractivity contribution in [2.45, 2.75) is 19.3 Å². The molecule has 0 radical (unpaired) electrons. The summed E-state index contributed by atoms with van der Waals surface area (Å²) >= 11 is 0. The average Bonchev–Trinajstić information content (AvgIpc) is 2.47. The van der Waals surface area contributed by atoms with Gasteiger partial charge in [-0.15, -0.1) is 0 Å². The second-order valence-corrected chi connectivity index (χ2v) is 4.81. The third kappa shape index (κ3) is 2.03. The molecule has 2 heteroatoms. The number of hydrogen-bond acceptors (Lipinski definition) is 2. The molecule has 2 aromatic carbocycles. The maximum Gasteiger partial charge on any atom is 0.163 e. The van der Waals surface area contributed by atoms with E-state index in [0.717, 1.165) is 40.8 Å². The summed E-state index contributed by atoms with van der Waals surface area (Å²) in [6.07, 6.45) is 2.48. The number of Topliss-reactive ketones (excluding diaryl/α,β-unsaturated/α-hetero) is 1. The highest BCUT2D eigenvalue weighted by Crippen LogP contribution is 2.36. The quantitative estimate of drug-likeness (QED) is 0.810. The Morgan fingerprint density at radius 1 is 1.00 bits per heavy atom. The molecule has 0 bridgehead atoms. The Morgan fingerprint density at radius 2 is 1.79 bits per heavy atom. The van der Waals surface area contributed by atoms with Crippen molar-refractivity contribution in [1.82, 2.24) is 0 Å².